The quantitative estimate of drug-likeness (QED) is 0.594. The second-order valence-electron chi connectivity index (χ2n) is 3.62. The number of aliphatic imine (C=N–C) groups is 1. The van der Waals surface area contributed by atoms with E-state index in [0.717, 1.165) is 23.5 Å². The second kappa shape index (κ2) is 5.73. The van der Waals surface area contributed by atoms with E-state index in [1.807, 2.05) is 36.0 Å². The van der Waals surface area contributed by atoms with Crippen LogP contribution >= 0.6 is 11.8 Å². The molecule has 1 aliphatic heterocycles. The summed E-state index contributed by atoms with van der Waals surface area (Å²) in [5.74, 6) is 3.05. The maximum Gasteiger partial charge on any atom is 0.235 e. The second-order valence-corrected chi connectivity index (χ2v) is 4.77. The standard InChI is InChI=1S/C12H13NO2S/c14-9-13-7-10-3-1-2-4-12(10)15-11-5-6-16-8-11/h1-4,11H,5-8H2. The Balaban J connectivity index is 2.08. The number of hydrogen-bond donors (Lipinski definition) is 0. The molecule has 2 rings (SSSR count). The Morgan fingerprint density at radius 1 is 1.50 bits per heavy atom. The van der Waals surface area contributed by atoms with Gasteiger partial charge in [-0.25, -0.2) is 9.79 Å². The third kappa shape index (κ3) is 2.87. The first kappa shape index (κ1) is 11.2. The van der Waals surface area contributed by atoms with Crippen molar-refractivity contribution in [2.45, 2.75) is 19.1 Å². The summed E-state index contributed by atoms with van der Waals surface area (Å²) in [5, 5.41) is 0. The van der Waals surface area contributed by atoms with Gasteiger partial charge in [-0.05, 0) is 18.2 Å². The molecule has 0 saturated carbocycles. The van der Waals surface area contributed by atoms with E-state index >= 15 is 0 Å². The molecule has 0 amide bonds. The predicted octanol–water partition coefficient (Wildman–Crippen LogP) is 2.41. The van der Waals surface area contributed by atoms with Crippen LogP contribution in [0.15, 0.2) is 29.3 Å². The van der Waals surface area contributed by atoms with Crippen molar-refractivity contribution >= 4 is 17.8 Å². The molecule has 3 nitrogen and oxygen atoms in total. The van der Waals surface area contributed by atoms with Crippen LogP contribution in [-0.4, -0.2) is 23.7 Å². The highest BCUT2D eigenvalue weighted by atomic mass is 32.2. The minimum Gasteiger partial charge on any atom is -0.489 e. The van der Waals surface area contributed by atoms with Gasteiger partial charge in [0.25, 0.3) is 0 Å². The van der Waals surface area contributed by atoms with E-state index < -0.39 is 0 Å². The molecule has 0 aromatic heterocycles. The van der Waals surface area contributed by atoms with Gasteiger partial charge >= 0.3 is 0 Å². The SMILES string of the molecule is O=C=NCc1ccccc1OC1CCSC1. The molecular formula is C12H13NO2S. The zero-order chi connectivity index (χ0) is 11.2. The van der Waals surface area contributed by atoms with Gasteiger partial charge in [-0.1, -0.05) is 18.2 Å². The molecule has 1 saturated heterocycles. The van der Waals surface area contributed by atoms with Crippen molar-refractivity contribution in [2.75, 3.05) is 11.5 Å². The maximum absolute atomic E-state index is 10.1. The van der Waals surface area contributed by atoms with Crippen LogP contribution in [0, 0.1) is 0 Å². The Bertz CT molecular complexity index is 396. The van der Waals surface area contributed by atoms with Crippen LogP contribution in [0.1, 0.15) is 12.0 Å². The molecular weight excluding hydrogens is 222 g/mol. The number of hydrogen-bond acceptors (Lipinski definition) is 4. The molecule has 0 radical (unpaired) electrons. The molecule has 1 aromatic carbocycles. The molecule has 1 fully saturated rings. The number of ether oxygens (including phenoxy) is 1. The predicted molar refractivity (Wildman–Crippen MR) is 64.6 cm³/mol. The molecule has 1 unspecified atom stereocenters. The van der Waals surface area contributed by atoms with Crippen LogP contribution in [0.25, 0.3) is 0 Å². The lowest BCUT2D eigenvalue weighted by Gasteiger charge is -2.14. The largest absolute Gasteiger partial charge is 0.489 e. The lowest BCUT2D eigenvalue weighted by Crippen LogP contribution is -2.15. The van der Waals surface area contributed by atoms with Crippen molar-refractivity contribution in [2.24, 2.45) is 4.99 Å². The van der Waals surface area contributed by atoms with Crippen LogP contribution in [0.2, 0.25) is 0 Å². The molecule has 0 bridgehead atoms. The minimum absolute atomic E-state index is 0.298. The van der Waals surface area contributed by atoms with Crippen LogP contribution in [0.5, 0.6) is 5.75 Å². The van der Waals surface area contributed by atoms with E-state index in [1.165, 1.54) is 5.75 Å². The van der Waals surface area contributed by atoms with E-state index in [0.29, 0.717) is 12.6 Å². The molecule has 0 aliphatic carbocycles. The Labute approximate surface area is 98.9 Å². The van der Waals surface area contributed by atoms with Crippen LogP contribution in [-0.2, 0) is 11.3 Å². The van der Waals surface area contributed by atoms with Crippen molar-refractivity contribution in [1.29, 1.82) is 0 Å². The maximum atomic E-state index is 10.1. The molecule has 1 atom stereocenters. The van der Waals surface area contributed by atoms with E-state index in [2.05, 4.69) is 4.99 Å². The van der Waals surface area contributed by atoms with Gasteiger partial charge in [0, 0.05) is 11.3 Å². The summed E-state index contributed by atoms with van der Waals surface area (Å²) in [5.41, 5.74) is 0.947. The Hall–Kier alpha value is -1.25. The van der Waals surface area contributed by atoms with Gasteiger partial charge in [0.1, 0.15) is 11.9 Å². The van der Waals surface area contributed by atoms with Crippen molar-refractivity contribution in [3.63, 3.8) is 0 Å². The summed E-state index contributed by atoms with van der Waals surface area (Å²) in [6, 6.07) is 7.72. The third-order valence-corrected chi connectivity index (χ3v) is 3.60. The highest BCUT2D eigenvalue weighted by Crippen LogP contribution is 2.26. The fraction of sp³-hybridized carbons (Fsp3) is 0.417. The molecule has 16 heavy (non-hydrogen) atoms. The van der Waals surface area contributed by atoms with Gasteiger partial charge in [-0.3, -0.25) is 0 Å². The number of benzene rings is 1. The topological polar surface area (TPSA) is 38.7 Å². The van der Waals surface area contributed by atoms with Gasteiger partial charge < -0.3 is 4.74 Å². The first-order valence-corrected chi connectivity index (χ1v) is 6.41. The molecule has 0 spiro atoms. The number of nitrogens with zero attached hydrogens (tertiary/aromatic N) is 1. The van der Waals surface area contributed by atoms with E-state index in [9.17, 15) is 4.79 Å². The van der Waals surface area contributed by atoms with Gasteiger partial charge in [-0.2, -0.15) is 11.8 Å². The molecule has 1 aliphatic rings. The summed E-state index contributed by atoms with van der Waals surface area (Å²) in [6.45, 7) is 0.347. The lowest BCUT2D eigenvalue weighted by molar-refractivity contribution is 0.227. The molecule has 1 heterocycles. The normalized spacial score (nSPS) is 19.1. The Kier molecular flexibility index (Phi) is 4.03. The summed E-state index contributed by atoms with van der Waals surface area (Å²) in [6.07, 6.45) is 2.94. The zero-order valence-corrected chi connectivity index (χ0v) is 9.70. The molecule has 4 heteroatoms. The van der Waals surface area contributed by atoms with Crippen molar-refractivity contribution in [3.8, 4) is 5.75 Å². The number of thioether (sulfide) groups is 1. The molecule has 84 valence electrons. The number of isocyanates is 1. The van der Waals surface area contributed by atoms with Crippen molar-refractivity contribution in [1.82, 2.24) is 0 Å². The fourth-order valence-electron chi connectivity index (χ4n) is 1.65. The smallest absolute Gasteiger partial charge is 0.235 e. The van der Waals surface area contributed by atoms with E-state index in [4.69, 9.17) is 4.74 Å². The Morgan fingerprint density at radius 3 is 3.12 bits per heavy atom. The van der Waals surface area contributed by atoms with E-state index in [-0.39, 0.29) is 0 Å². The average molecular weight is 235 g/mol. The highest BCUT2D eigenvalue weighted by Gasteiger charge is 2.17. The lowest BCUT2D eigenvalue weighted by atomic mass is 10.2. The highest BCUT2D eigenvalue weighted by molar-refractivity contribution is 7.99. The van der Waals surface area contributed by atoms with Gasteiger partial charge in [-0.15, -0.1) is 0 Å². The summed E-state index contributed by atoms with van der Waals surface area (Å²) in [7, 11) is 0. The number of para-hydroxylation sites is 1. The Morgan fingerprint density at radius 2 is 2.38 bits per heavy atom. The minimum atomic E-state index is 0.298. The molecule has 0 N–H and O–H groups in total. The van der Waals surface area contributed by atoms with E-state index in [1.54, 1.807) is 6.08 Å². The van der Waals surface area contributed by atoms with Gasteiger partial charge in [0.05, 0.1) is 6.54 Å². The zero-order valence-electron chi connectivity index (χ0n) is 8.89. The summed E-state index contributed by atoms with van der Waals surface area (Å²) in [4.78, 5) is 13.7. The van der Waals surface area contributed by atoms with Crippen molar-refractivity contribution < 1.29 is 9.53 Å². The van der Waals surface area contributed by atoms with Crippen molar-refractivity contribution in [3.05, 3.63) is 29.8 Å². The summed E-state index contributed by atoms with van der Waals surface area (Å²) >= 11 is 1.91. The number of rotatable bonds is 4. The first-order valence-electron chi connectivity index (χ1n) is 5.26. The van der Waals surface area contributed by atoms with Gasteiger partial charge in [0.2, 0.25) is 6.08 Å². The van der Waals surface area contributed by atoms with Gasteiger partial charge in [0.15, 0.2) is 0 Å². The van der Waals surface area contributed by atoms with Crippen LogP contribution < -0.4 is 4.74 Å². The average Bonchev–Trinajstić information content (AvgIpc) is 2.81. The number of carbonyl (C=O) groups excluding carboxylic acids is 1. The fourth-order valence-corrected chi connectivity index (χ4v) is 2.75. The van der Waals surface area contributed by atoms with Crippen LogP contribution in [0.3, 0.4) is 0 Å². The monoisotopic (exact) mass is 235 g/mol. The third-order valence-electron chi connectivity index (χ3n) is 2.47. The first-order chi connectivity index (χ1) is 7.90. The molecule has 1 aromatic rings. The van der Waals surface area contributed by atoms with Crippen LogP contribution in [0.4, 0.5) is 0 Å². The summed E-state index contributed by atoms with van der Waals surface area (Å²) < 4.78 is 5.89.